The van der Waals surface area contributed by atoms with E-state index in [9.17, 15) is 4.79 Å². The number of hydrogen-bond donors (Lipinski definition) is 0. The molecule has 0 amide bonds. The first-order valence-electron chi connectivity index (χ1n) is 3.47. The van der Waals surface area contributed by atoms with Crippen molar-refractivity contribution in [3.05, 3.63) is 12.2 Å². The zero-order valence-electron chi connectivity index (χ0n) is 6.39. The van der Waals surface area contributed by atoms with Gasteiger partial charge in [-0.25, -0.2) is 4.79 Å². The van der Waals surface area contributed by atoms with Crippen LogP contribution >= 0.6 is 0 Å². The second-order valence-electron chi connectivity index (χ2n) is 2.94. The summed E-state index contributed by atoms with van der Waals surface area (Å²) in [4.78, 5) is 10.8. The molecule has 0 spiro atoms. The van der Waals surface area contributed by atoms with E-state index in [1.54, 1.807) is 6.92 Å². The molecule has 2 atom stereocenters. The Bertz CT molecular complexity index is 172. The number of carbonyl (C=O) groups is 1. The lowest BCUT2D eigenvalue weighted by Crippen LogP contribution is -2.07. The summed E-state index contributed by atoms with van der Waals surface area (Å²) >= 11 is 0. The van der Waals surface area contributed by atoms with Crippen LogP contribution in [0.25, 0.3) is 0 Å². The summed E-state index contributed by atoms with van der Waals surface area (Å²) in [6.07, 6.45) is 1.18. The van der Waals surface area contributed by atoms with Gasteiger partial charge in [-0.15, -0.1) is 0 Å². The van der Waals surface area contributed by atoms with Crippen molar-refractivity contribution in [2.24, 2.45) is 5.92 Å². The van der Waals surface area contributed by atoms with E-state index in [2.05, 4.69) is 13.5 Å². The van der Waals surface area contributed by atoms with Gasteiger partial charge in [0.05, 0.1) is 0 Å². The van der Waals surface area contributed by atoms with Crippen molar-refractivity contribution in [3.8, 4) is 0 Å². The molecule has 0 saturated heterocycles. The van der Waals surface area contributed by atoms with Crippen molar-refractivity contribution in [3.63, 3.8) is 0 Å². The van der Waals surface area contributed by atoms with Crippen LogP contribution in [0.3, 0.4) is 0 Å². The van der Waals surface area contributed by atoms with Gasteiger partial charge < -0.3 is 4.74 Å². The second kappa shape index (κ2) is 2.45. The van der Waals surface area contributed by atoms with E-state index in [4.69, 9.17) is 4.74 Å². The van der Waals surface area contributed by atoms with Crippen LogP contribution in [-0.4, -0.2) is 12.1 Å². The van der Waals surface area contributed by atoms with Gasteiger partial charge in [0.2, 0.25) is 0 Å². The van der Waals surface area contributed by atoms with Crippen LogP contribution in [0.5, 0.6) is 0 Å². The first-order valence-corrected chi connectivity index (χ1v) is 3.47. The minimum atomic E-state index is -0.255. The average molecular weight is 140 g/mol. The molecule has 0 N–H and O–H groups in total. The van der Waals surface area contributed by atoms with E-state index in [1.807, 2.05) is 0 Å². The highest BCUT2D eigenvalue weighted by Gasteiger charge is 2.36. The Morgan fingerprint density at radius 3 is 2.50 bits per heavy atom. The Kier molecular flexibility index (Phi) is 1.79. The summed E-state index contributed by atoms with van der Waals surface area (Å²) in [6, 6.07) is 0. The molecule has 1 aliphatic rings. The fourth-order valence-corrected chi connectivity index (χ4v) is 0.690. The third kappa shape index (κ3) is 1.59. The number of hydrogen-bond acceptors (Lipinski definition) is 2. The molecular formula is C8H12O2. The van der Waals surface area contributed by atoms with Crippen LogP contribution in [0, 0.1) is 5.92 Å². The van der Waals surface area contributed by atoms with E-state index >= 15 is 0 Å². The largest absolute Gasteiger partial charge is 0.459 e. The Labute approximate surface area is 60.9 Å². The Morgan fingerprint density at radius 2 is 2.20 bits per heavy atom. The summed E-state index contributed by atoms with van der Waals surface area (Å²) in [6.45, 7) is 7.21. The number of esters is 1. The molecule has 0 aromatic carbocycles. The smallest absolute Gasteiger partial charge is 0.333 e. The zero-order valence-corrected chi connectivity index (χ0v) is 6.39. The van der Waals surface area contributed by atoms with Gasteiger partial charge in [0.25, 0.3) is 0 Å². The standard InChI is InChI=1S/C8H12O2/c1-5(2)8(9)10-7-4-6(7)3/h6-7H,1,4H2,2-3H3. The Balaban J connectivity index is 2.26. The highest BCUT2D eigenvalue weighted by atomic mass is 16.5. The molecule has 10 heavy (non-hydrogen) atoms. The molecule has 2 unspecified atom stereocenters. The molecule has 0 radical (unpaired) electrons. The summed E-state index contributed by atoms with van der Waals surface area (Å²) in [5, 5.41) is 0. The first-order chi connectivity index (χ1) is 4.61. The van der Waals surface area contributed by atoms with Gasteiger partial charge >= 0.3 is 5.97 Å². The van der Waals surface area contributed by atoms with Crippen molar-refractivity contribution < 1.29 is 9.53 Å². The van der Waals surface area contributed by atoms with Crippen LogP contribution in [0.2, 0.25) is 0 Å². The maximum Gasteiger partial charge on any atom is 0.333 e. The van der Waals surface area contributed by atoms with E-state index < -0.39 is 0 Å². The second-order valence-corrected chi connectivity index (χ2v) is 2.94. The molecule has 2 heteroatoms. The highest BCUT2D eigenvalue weighted by molar-refractivity contribution is 5.87. The number of ether oxygens (including phenoxy) is 1. The maximum absolute atomic E-state index is 10.8. The maximum atomic E-state index is 10.8. The summed E-state index contributed by atoms with van der Waals surface area (Å²) in [7, 11) is 0. The van der Waals surface area contributed by atoms with Gasteiger partial charge in [0.15, 0.2) is 0 Å². The van der Waals surface area contributed by atoms with Crippen LogP contribution in [0.4, 0.5) is 0 Å². The molecule has 0 heterocycles. The SMILES string of the molecule is C=C(C)C(=O)OC1CC1C. The predicted molar refractivity (Wildman–Crippen MR) is 38.5 cm³/mol. The highest BCUT2D eigenvalue weighted by Crippen LogP contribution is 2.33. The molecule has 0 aliphatic heterocycles. The van der Waals surface area contributed by atoms with Gasteiger partial charge in [-0.2, -0.15) is 0 Å². The van der Waals surface area contributed by atoms with Gasteiger partial charge in [-0.05, 0) is 19.3 Å². The number of carbonyl (C=O) groups excluding carboxylic acids is 1. The minimum Gasteiger partial charge on any atom is -0.459 e. The van der Waals surface area contributed by atoms with Gasteiger partial charge in [-0.3, -0.25) is 0 Å². The minimum absolute atomic E-state index is 0.171. The monoisotopic (exact) mass is 140 g/mol. The van der Waals surface area contributed by atoms with Crippen LogP contribution in [-0.2, 0) is 9.53 Å². The lowest BCUT2D eigenvalue weighted by molar-refractivity contribution is -0.140. The molecule has 1 aliphatic carbocycles. The molecule has 1 fully saturated rings. The van der Waals surface area contributed by atoms with Crippen LogP contribution in [0.1, 0.15) is 20.3 Å². The molecule has 2 nitrogen and oxygen atoms in total. The summed E-state index contributed by atoms with van der Waals surface area (Å²) < 4.78 is 5.00. The van der Waals surface area contributed by atoms with Gasteiger partial charge in [0.1, 0.15) is 6.10 Å². The molecular weight excluding hydrogens is 128 g/mol. The average Bonchev–Trinajstić information content (AvgIpc) is 2.46. The van der Waals surface area contributed by atoms with E-state index in [-0.39, 0.29) is 12.1 Å². The molecule has 56 valence electrons. The van der Waals surface area contributed by atoms with Crippen molar-refractivity contribution in [1.29, 1.82) is 0 Å². The van der Waals surface area contributed by atoms with Crippen molar-refractivity contribution >= 4 is 5.97 Å². The van der Waals surface area contributed by atoms with Gasteiger partial charge in [0, 0.05) is 5.57 Å². The molecule has 1 saturated carbocycles. The van der Waals surface area contributed by atoms with Crippen LogP contribution < -0.4 is 0 Å². The Hall–Kier alpha value is -0.790. The molecule has 1 rings (SSSR count). The van der Waals surface area contributed by atoms with Crippen LogP contribution in [0.15, 0.2) is 12.2 Å². The predicted octanol–water partition coefficient (Wildman–Crippen LogP) is 1.51. The van der Waals surface area contributed by atoms with Crippen molar-refractivity contribution in [2.75, 3.05) is 0 Å². The summed E-state index contributed by atoms with van der Waals surface area (Å²) in [5.74, 6) is 0.303. The Morgan fingerprint density at radius 1 is 1.70 bits per heavy atom. The van der Waals surface area contributed by atoms with E-state index in [1.165, 1.54) is 0 Å². The van der Waals surface area contributed by atoms with Gasteiger partial charge in [-0.1, -0.05) is 13.5 Å². The fourth-order valence-electron chi connectivity index (χ4n) is 0.690. The van der Waals surface area contributed by atoms with Crippen molar-refractivity contribution in [1.82, 2.24) is 0 Å². The van der Waals surface area contributed by atoms with Crippen molar-refractivity contribution in [2.45, 2.75) is 26.4 Å². The molecule has 0 bridgehead atoms. The quantitative estimate of drug-likeness (QED) is 0.429. The first kappa shape index (κ1) is 7.32. The lowest BCUT2D eigenvalue weighted by Gasteiger charge is -2.00. The molecule has 0 aromatic rings. The lowest BCUT2D eigenvalue weighted by atomic mass is 10.4. The number of rotatable bonds is 2. The summed E-state index contributed by atoms with van der Waals surface area (Å²) in [5.41, 5.74) is 0.485. The van der Waals surface area contributed by atoms with E-state index in [0.717, 1.165) is 6.42 Å². The zero-order chi connectivity index (χ0) is 7.72. The fraction of sp³-hybridized carbons (Fsp3) is 0.625. The molecule has 0 aromatic heterocycles. The topological polar surface area (TPSA) is 26.3 Å². The van der Waals surface area contributed by atoms with E-state index in [0.29, 0.717) is 11.5 Å². The third-order valence-corrected chi connectivity index (χ3v) is 1.64. The normalized spacial score (nSPS) is 29.4. The third-order valence-electron chi connectivity index (χ3n) is 1.64.